The Hall–Kier alpha value is -0.380. The van der Waals surface area contributed by atoms with E-state index in [1.165, 1.54) is 12.8 Å². The maximum atomic E-state index is 12.2. The second kappa shape index (κ2) is 6.38. The lowest BCUT2D eigenvalue weighted by Gasteiger charge is -2.24. The van der Waals surface area contributed by atoms with E-state index in [0.29, 0.717) is 23.0 Å². The van der Waals surface area contributed by atoms with E-state index in [4.69, 9.17) is 11.6 Å². The van der Waals surface area contributed by atoms with Crippen LogP contribution in [0.15, 0.2) is 22.7 Å². The van der Waals surface area contributed by atoms with Crippen LogP contribution in [0.5, 0.6) is 0 Å². The van der Waals surface area contributed by atoms with Gasteiger partial charge in [0.05, 0.1) is 5.02 Å². The molecule has 1 aromatic rings. The van der Waals surface area contributed by atoms with Gasteiger partial charge in [0.15, 0.2) is 5.78 Å². The van der Waals surface area contributed by atoms with Crippen LogP contribution in [-0.4, -0.2) is 30.3 Å². The Morgan fingerprint density at radius 3 is 2.79 bits per heavy atom. The minimum absolute atomic E-state index is 0.118. The topological polar surface area (TPSA) is 20.3 Å². The van der Waals surface area contributed by atoms with Gasteiger partial charge < -0.3 is 4.90 Å². The van der Waals surface area contributed by atoms with Gasteiger partial charge in [-0.15, -0.1) is 0 Å². The van der Waals surface area contributed by atoms with Crippen LogP contribution in [0.2, 0.25) is 5.02 Å². The van der Waals surface area contributed by atoms with Gasteiger partial charge in [0.1, 0.15) is 0 Å². The third-order valence-corrected chi connectivity index (χ3v) is 4.73. The molecule has 0 bridgehead atoms. The molecule has 0 N–H and O–H groups in total. The third kappa shape index (κ3) is 4.04. The Bertz CT molecular complexity index is 473. The van der Waals surface area contributed by atoms with Crippen molar-refractivity contribution in [3.8, 4) is 0 Å². The van der Waals surface area contributed by atoms with Crippen molar-refractivity contribution in [1.29, 1.82) is 0 Å². The van der Waals surface area contributed by atoms with Crippen molar-refractivity contribution in [3.63, 3.8) is 0 Å². The molecule has 1 saturated carbocycles. The van der Waals surface area contributed by atoms with Crippen LogP contribution in [-0.2, 0) is 0 Å². The van der Waals surface area contributed by atoms with E-state index in [9.17, 15) is 4.79 Å². The number of carbonyl (C=O) groups is 1. The summed E-state index contributed by atoms with van der Waals surface area (Å²) in [7, 11) is 2.10. The first-order chi connectivity index (χ1) is 8.99. The highest BCUT2D eigenvalue weighted by atomic mass is 79.9. The molecule has 0 amide bonds. The molecule has 0 aromatic heterocycles. The normalized spacial score (nSPS) is 16.7. The van der Waals surface area contributed by atoms with Crippen molar-refractivity contribution in [3.05, 3.63) is 33.3 Å². The molecule has 1 aromatic carbocycles. The zero-order valence-electron chi connectivity index (χ0n) is 11.3. The Balaban J connectivity index is 1.89. The van der Waals surface area contributed by atoms with Gasteiger partial charge >= 0.3 is 0 Å². The lowest BCUT2D eigenvalue weighted by Crippen LogP contribution is -2.32. The van der Waals surface area contributed by atoms with Gasteiger partial charge in [-0.1, -0.05) is 27.5 Å². The average molecular weight is 345 g/mol. The molecule has 0 radical (unpaired) electrons. The first-order valence-corrected chi connectivity index (χ1v) is 7.84. The Kier molecular flexibility index (Phi) is 5.04. The van der Waals surface area contributed by atoms with Crippen molar-refractivity contribution in [1.82, 2.24) is 4.90 Å². The number of nitrogens with zero attached hydrogens (tertiary/aromatic N) is 1. The van der Waals surface area contributed by atoms with Gasteiger partial charge in [0, 0.05) is 29.0 Å². The summed E-state index contributed by atoms with van der Waals surface area (Å²) >= 11 is 9.44. The molecule has 2 rings (SSSR count). The Morgan fingerprint density at radius 1 is 1.53 bits per heavy atom. The quantitative estimate of drug-likeness (QED) is 0.713. The fraction of sp³-hybridized carbons (Fsp3) is 0.533. The summed E-state index contributed by atoms with van der Waals surface area (Å²) in [4.78, 5) is 14.4. The molecule has 0 saturated heterocycles. The lowest BCUT2D eigenvalue weighted by molar-refractivity contribution is 0.0959. The zero-order chi connectivity index (χ0) is 14.0. The van der Waals surface area contributed by atoms with Crippen LogP contribution in [0.1, 0.15) is 36.5 Å². The molecule has 19 heavy (non-hydrogen) atoms. The number of hydrogen-bond acceptors (Lipinski definition) is 2. The predicted octanol–water partition coefficient (Wildman–Crippen LogP) is 4.41. The average Bonchev–Trinajstić information content (AvgIpc) is 3.18. The minimum atomic E-state index is 0.118. The summed E-state index contributed by atoms with van der Waals surface area (Å²) in [6.45, 7) is 3.04. The number of Topliss-reactive ketones (excluding diaryl/α,β-unsaturated/α-hetero) is 1. The first kappa shape index (κ1) is 15.0. The monoisotopic (exact) mass is 343 g/mol. The van der Waals surface area contributed by atoms with Crippen molar-refractivity contribution < 1.29 is 4.79 Å². The Morgan fingerprint density at radius 2 is 2.21 bits per heavy atom. The van der Waals surface area contributed by atoms with Crippen LogP contribution in [0, 0.1) is 5.92 Å². The van der Waals surface area contributed by atoms with Crippen LogP contribution in [0.4, 0.5) is 0 Å². The molecular weight excluding hydrogens is 326 g/mol. The number of hydrogen-bond donors (Lipinski definition) is 0. The van der Waals surface area contributed by atoms with Crippen molar-refractivity contribution >= 4 is 33.3 Å². The van der Waals surface area contributed by atoms with Gasteiger partial charge in [-0.25, -0.2) is 0 Å². The molecule has 1 aliphatic carbocycles. The second-order valence-electron chi connectivity index (χ2n) is 5.36. The van der Waals surface area contributed by atoms with Crippen LogP contribution < -0.4 is 0 Å². The lowest BCUT2D eigenvalue weighted by atomic mass is 10.1. The van der Waals surface area contributed by atoms with E-state index in [-0.39, 0.29) is 5.78 Å². The number of halogens is 2. The number of benzene rings is 1. The maximum absolute atomic E-state index is 12.2. The summed E-state index contributed by atoms with van der Waals surface area (Å²) in [5.41, 5.74) is 0.623. The molecule has 1 fully saturated rings. The molecule has 1 unspecified atom stereocenters. The summed E-state index contributed by atoms with van der Waals surface area (Å²) in [6.07, 6.45) is 3.19. The molecule has 0 aliphatic heterocycles. The van der Waals surface area contributed by atoms with E-state index in [0.717, 1.165) is 16.9 Å². The molecule has 0 spiro atoms. The van der Waals surface area contributed by atoms with E-state index < -0.39 is 0 Å². The largest absolute Gasteiger partial charge is 0.303 e. The molecule has 0 heterocycles. The van der Waals surface area contributed by atoms with Crippen LogP contribution >= 0.6 is 27.5 Å². The van der Waals surface area contributed by atoms with Gasteiger partial charge in [-0.05, 0) is 50.9 Å². The van der Waals surface area contributed by atoms with Gasteiger partial charge in [-0.3, -0.25) is 4.79 Å². The van der Waals surface area contributed by atoms with E-state index in [1.54, 1.807) is 12.1 Å². The molecular formula is C15H19BrClNO. The third-order valence-electron chi connectivity index (χ3n) is 3.92. The standard InChI is InChI=1S/C15H19BrClNO/c1-10(11-3-4-11)18(2)8-7-15(19)13-6-5-12(16)9-14(13)17/h5-6,9-11H,3-4,7-8H2,1-2H3. The molecule has 4 heteroatoms. The molecule has 2 nitrogen and oxygen atoms in total. The maximum Gasteiger partial charge on any atom is 0.165 e. The Labute approximate surface area is 128 Å². The highest BCUT2D eigenvalue weighted by Crippen LogP contribution is 2.34. The van der Waals surface area contributed by atoms with Crippen molar-refractivity contribution in [2.75, 3.05) is 13.6 Å². The summed E-state index contributed by atoms with van der Waals surface area (Å²) < 4.78 is 0.897. The molecule has 1 atom stereocenters. The summed E-state index contributed by atoms with van der Waals surface area (Å²) in [6, 6.07) is 5.99. The van der Waals surface area contributed by atoms with E-state index in [2.05, 4.69) is 34.8 Å². The van der Waals surface area contributed by atoms with Crippen molar-refractivity contribution in [2.45, 2.75) is 32.2 Å². The number of ketones is 1. The highest BCUT2D eigenvalue weighted by molar-refractivity contribution is 9.10. The van der Waals surface area contributed by atoms with E-state index >= 15 is 0 Å². The van der Waals surface area contributed by atoms with Crippen LogP contribution in [0.25, 0.3) is 0 Å². The zero-order valence-corrected chi connectivity index (χ0v) is 13.7. The van der Waals surface area contributed by atoms with Crippen LogP contribution in [0.3, 0.4) is 0 Å². The van der Waals surface area contributed by atoms with Gasteiger partial charge in [-0.2, -0.15) is 0 Å². The summed E-state index contributed by atoms with van der Waals surface area (Å²) in [5, 5.41) is 0.525. The SMILES string of the molecule is CC(C1CC1)N(C)CCC(=O)c1ccc(Br)cc1Cl. The van der Waals surface area contributed by atoms with Crippen molar-refractivity contribution in [2.24, 2.45) is 5.92 Å². The molecule has 104 valence electrons. The highest BCUT2D eigenvalue weighted by Gasteiger charge is 2.30. The smallest absolute Gasteiger partial charge is 0.165 e. The summed E-state index contributed by atoms with van der Waals surface area (Å²) in [5.74, 6) is 0.948. The minimum Gasteiger partial charge on any atom is -0.303 e. The van der Waals surface area contributed by atoms with Gasteiger partial charge in [0.25, 0.3) is 0 Å². The fourth-order valence-corrected chi connectivity index (χ4v) is 3.05. The number of rotatable bonds is 6. The second-order valence-corrected chi connectivity index (χ2v) is 6.68. The van der Waals surface area contributed by atoms with E-state index in [1.807, 2.05) is 6.07 Å². The fourth-order valence-electron chi connectivity index (χ4n) is 2.27. The molecule has 1 aliphatic rings. The predicted molar refractivity (Wildman–Crippen MR) is 82.9 cm³/mol. The van der Waals surface area contributed by atoms with Gasteiger partial charge in [0.2, 0.25) is 0 Å². The number of carbonyl (C=O) groups excluding carboxylic acids is 1. The first-order valence-electron chi connectivity index (χ1n) is 6.67.